The van der Waals surface area contributed by atoms with Gasteiger partial charge in [0.25, 0.3) is 10.2 Å². The van der Waals surface area contributed by atoms with Crippen molar-refractivity contribution in [3.8, 4) is 5.75 Å². The zero-order chi connectivity index (χ0) is 19.3. The minimum atomic E-state index is -3.46. The van der Waals surface area contributed by atoms with Gasteiger partial charge in [-0.2, -0.15) is 17.0 Å². The molecule has 2 saturated heterocycles. The molecule has 0 saturated carbocycles. The Morgan fingerprint density at radius 2 is 1.81 bits per heavy atom. The lowest BCUT2D eigenvalue weighted by Gasteiger charge is -2.36. The normalized spacial score (nSPS) is 22.3. The number of carbonyl (C=O) groups is 1. The molecule has 0 unspecified atom stereocenters. The second-order valence-electron chi connectivity index (χ2n) is 7.19. The van der Waals surface area contributed by atoms with E-state index in [0.717, 1.165) is 30.6 Å². The molecular weight excluding hydrogens is 366 g/mol. The van der Waals surface area contributed by atoms with E-state index in [1.807, 2.05) is 24.3 Å². The molecule has 0 aliphatic carbocycles. The van der Waals surface area contributed by atoms with E-state index in [4.69, 9.17) is 4.74 Å². The fraction of sp³-hybridized carbons (Fsp3) is 0.632. The van der Waals surface area contributed by atoms with E-state index < -0.39 is 10.2 Å². The quantitative estimate of drug-likeness (QED) is 0.796. The highest BCUT2D eigenvalue weighted by Gasteiger charge is 2.36. The van der Waals surface area contributed by atoms with Crippen LogP contribution in [0.3, 0.4) is 0 Å². The molecule has 2 aliphatic rings. The molecule has 1 atom stereocenters. The number of nitrogens with zero attached hydrogens (tertiary/aromatic N) is 2. The van der Waals surface area contributed by atoms with Gasteiger partial charge in [0.15, 0.2) is 0 Å². The Hall–Kier alpha value is -1.64. The van der Waals surface area contributed by atoms with E-state index in [0.29, 0.717) is 39.0 Å². The summed E-state index contributed by atoms with van der Waals surface area (Å²) in [4.78, 5) is 12.6. The summed E-state index contributed by atoms with van der Waals surface area (Å²) < 4.78 is 34.1. The summed E-state index contributed by atoms with van der Waals surface area (Å²) in [5.74, 6) is 0.322. The van der Waals surface area contributed by atoms with Gasteiger partial charge in [-0.3, -0.25) is 4.79 Å². The van der Waals surface area contributed by atoms with Crippen molar-refractivity contribution in [2.45, 2.75) is 38.6 Å². The third-order valence-corrected chi connectivity index (χ3v) is 7.37. The van der Waals surface area contributed by atoms with E-state index in [1.54, 1.807) is 11.4 Å². The Bertz CT molecular complexity index is 747. The summed E-state index contributed by atoms with van der Waals surface area (Å²) >= 11 is 0. The smallest absolute Gasteiger partial charge is 0.281 e. The van der Waals surface area contributed by atoms with Gasteiger partial charge in [-0.25, -0.2) is 0 Å². The number of ether oxygens (including phenoxy) is 1. The summed E-state index contributed by atoms with van der Waals surface area (Å²) in [5, 5.41) is 2.94. The molecule has 0 spiro atoms. The number of amides is 1. The van der Waals surface area contributed by atoms with Crippen molar-refractivity contribution in [1.82, 2.24) is 13.9 Å². The van der Waals surface area contributed by atoms with Gasteiger partial charge in [-0.05, 0) is 31.7 Å². The van der Waals surface area contributed by atoms with Crippen LogP contribution in [0.25, 0.3) is 0 Å². The molecule has 1 aromatic carbocycles. The SMILES string of the molecule is COc1ccccc1CNC(=O)[C@H]1CCCN(S(=O)(=O)N2CCCCC2)C1. The Balaban J connectivity index is 1.59. The van der Waals surface area contributed by atoms with Crippen LogP contribution in [-0.2, 0) is 21.5 Å². The number of piperidine rings is 2. The van der Waals surface area contributed by atoms with Crippen LogP contribution in [-0.4, -0.2) is 56.2 Å². The maximum Gasteiger partial charge on any atom is 0.281 e. The van der Waals surface area contributed by atoms with Crippen LogP contribution in [0.5, 0.6) is 5.75 Å². The van der Waals surface area contributed by atoms with Crippen molar-refractivity contribution in [3.63, 3.8) is 0 Å². The summed E-state index contributed by atoms with van der Waals surface area (Å²) in [7, 11) is -1.86. The first-order chi connectivity index (χ1) is 13.0. The molecule has 0 bridgehead atoms. The molecule has 2 heterocycles. The molecule has 7 nitrogen and oxygen atoms in total. The lowest BCUT2D eigenvalue weighted by molar-refractivity contribution is -0.126. The maximum atomic E-state index is 12.9. The van der Waals surface area contributed by atoms with Crippen LogP contribution in [0.1, 0.15) is 37.7 Å². The monoisotopic (exact) mass is 395 g/mol. The van der Waals surface area contributed by atoms with Crippen molar-refractivity contribution in [1.29, 1.82) is 0 Å². The van der Waals surface area contributed by atoms with Crippen LogP contribution < -0.4 is 10.1 Å². The largest absolute Gasteiger partial charge is 0.496 e. The number of benzene rings is 1. The van der Waals surface area contributed by atoms with E-state index in [2.05, 4.69) is 5.32 Å². The Kier molecular flexibility index (Phi) is 6.73. The summed E-state index contributed by atoms with van der Waals surface area (Å²) in [6.45, 7) is 2.30. The third-order valence-electron chi connectivity index (χ3n) is 5.37. The second kappa shape index (κ2) is 9.03. The minimum Gasteiger partial charge on any atom is -0.496 e. The van der Waals surface area contributed by atoms with Crippen molar-refractivity contribution in [2.75, 3.05) is 33.3 Å². The topological polar surface area (TPSA) is 79.0 Å². The van der Waals surface area contributed by atoms with Crippen molar-refractivity contribution < 1.29 is 17.9 Å². The number of hydrogen-bond acceptors (Lipinski definition) is 4. The minimum absolute atomic E-state index is 0.0977. The Morgan fingerprint density at radius 3 is 2.56 bits per heavy atom. The van der Waals surface area contributed by atoms with Crippen molar-refractivity contribution >= 4 is 16.1 Å². The number of methoxy groups -OCH3 is 1. The zero-order valence-electron chi connectivity index (χ0n) is 15.9. The number of hydrogen-bond donors (Lipinski definition) is 1. The molecule has 2 fully saturated rings. The molecule has 2 aliphatic heterocycles. The van der Waals surface area contributed by atoms with E-state index in [1.165, 1.54) is 4.31 Å². The third kappa shape index (κ3) is 4.80. The first kappa shape index (κ1) is 20.1. The second-order valence-corrected chi connectivity index (χ2v) is 9.12. The number of rotatable bonds is 6. The van der Waals surface area contributed by atoms with Gasteiger partial charge < -0.3 is 10.1 Å². The average Bonchev–Trinajstić information content (AvgIpc) is 2.73. The molecular formula is C19H29N3O4S. The predicted octanol–water partition coefficient (Wildman–Crippen LogP) is 1.75. The van der Waals surface area contributed by atoms with Crippen LogP contribution in [0.4, 0.5) is 0 Å². The highest BCUT2D eigenvalue weighted by Crippen LogP contribution is 2.24. The summed E-state index contributed by atoms with van der Waals surface area (Å²) in [6, 6.07) is 7.55. The van der Waals surface area contributed by atoms with Gasteiger partial charge in [0.1, 0.15) is 5.75 Å². The van der Waals surface area contributed by atoms with Crippen LogP contribution in [0, 0.1) is 5.92 Å². The van der Waals surface area contributed by atoms with Gasteiger partial charge in [0.05, 0.1) is 13.0 Å². The first-order valence-corrected chi connectivity index (χ1v) is 11.1. The lowest BCUT2D eigenvalue weighted by Crippen LogP contribution is -2.51. The summed E-state index contributed by atoms with van der Waals surface area (Å²) in [5.41, 5.74) is 0.905. The van der Waals surface area contributed by atoms with Gasteiger partial charge >= 0.3 is 0 Å². The standard InChI is InChI=1S/C19H29N3O4S/c1-26-18-10-4-3-8-16(18)14-20-19(23)17-9-7-13-22(15-17)27(24,25)21-11-5-2-6-12-21/h3-4,8,10,17H,2,5-7,9,11-15H2,1H3,(H,20,23)/t17-/m0/s1. The fourth-order valence-electron chi connectivity index (χ4n) is 3.80. The molecule has 1 N–H and O–H groups in total. The fourth-order valence-corrected chi connectivity index (χ4v) is 5.57. The van der Waals surface area contributed by atoms with Crippen molar-refractivity contribution in [3.05, 3.63) is 29.8 Å². The first-order valence-electron chi connectivity index (χ1n) is 9.67. The lowest BCUT2D eigenvalue weighted by atomic mass is 9.98. The van der Waals surface area contributed by atoms with Crippen molar-refractivity contribution in [2.24, 2.45) is 5.92 Å². The molecule has 150 valence electrons. The molecule has 0 radical (unpaired) electrons. The zero-order valence-corrected chi connectivity index (χ0v) is 16.7. The summed E-state index contributed by atoms with van der Waals surface area (Å²) in [6.07, 6.45) is 4.33. The van der Waals surface area contributed by atoms with Crippen LogP contribution in [0.15, 0.2) is 24.3 Å². The Labute approximate surface area is 161 Å². The van der Waals surface area contributed by atoms with E-state index >= 15 is 0 Å². The average molecular weight is 396 g/mol. The number of nitrogens with one attached hydrogen (secondary N) is 1. The van der Waals surface area contributed by atoms with E-state index in [-0.39, 0.29) is 18.4 Å². The predicted molar refractivity (Wildman–Crippen MR) is 103 cm³/mol. The molecule has 27 heavy (non-hydrogen) atoms. The Morgan fingerprint density at radius 1 is 1.11 bits per heavy atom. The van der Waals surface area contributed by atoms with Gasteiger partial charge in [-0.1, -0.05) is 24.6 Å². The highest BCUT2D eigenvalue weighted by atomic mass is 32.2. The molecule has 1 amide bonds. The molecule has 8 heteroatoms. The molecule has 0 aromatic heterocycles. The molecule has 1 aromatic rings. The van der Waals surface area contributed by atoms with Crippen LogP contribution in [0.2, 0.25) is 0 Å². The van der Waals surface area contributed by atoms with Crippen LogP contribution >= 0.6 is 0 Å². The maximum absolute atomic E-state index is 12.9. The number of carbonyl (C=O) groups excluding carboxylic acids is 1. The highest BCUT2D eigenvalue weighted by molar-refractivity contribution is 7.86. The van der Waals surface area contributed by atoms with Gasteiger partial charge in [-0.15, -0.1) is 0 Å². The van der Waals surface area contributed by atoms with E-state index in [9.17, 15) is 13.2 Å². The van der Waals surface area contributed by atoms with Gasteiger partial charge in [0, 0.05) is 38.3 Å². The van der Waals surface area contributed by atoms with Gasteiger partial charge in [0.2, 0.25) is 5.91 Å². The number of para-hydroxylation sites is 1. The molecule has 3 rings (SSSR count).